The van der Waals surface area contributed by atoms with Crippen LogP contribution in [0.25, 0.3) is 17.0 Å². The number of esters is 1. The van der Waals surface area contributed by atoms with Crippen LogP contribution in [0, 0.1) is 0 Å². The Morgan fingerprint density at radius 1 is 1.21 bits per heavy atom. The summed E-state index contributed by atoms with van der Waals surface area (Å²) in [6.07, 6.45) is 0. The lowest BCUT2D eigenvalue weighted by molar-refractivity contribution is -0.139. The van der Waals surface area contributed by atoms with Crippen LogP contribution in [0.5, 0.6) is 0 Å². The molecule has 2 aromatic heterocycles. The van der Waals surface area contributed by atoms with Crippen molar-refractivity contribution < 1.29 is 9.53 Å². The van der Waals surface area contributed by atoms with E-state index in [1.54, 1.807) is 41.8 Å². The molecule has 124 valence electrons. The summed E-state index contributed by atoms with van der Waals surface area (Å²) in [6.45, 7) is 2.13. The van der Waals surface area contributed by atoms with Crippen LogP contribution in [0.15, 0.2) is 35.4 Å². The maximum absolute atomic E-state index is 11.5. The second-order valence-electron chi connectivity index (χ2n) is 4.72. The Morgan fingerprint density at radius 2 is 1.96 bits per heavy atom. The lowest BCUT2D eigenvalue weighted by atomic mass is 10.2. The normalized spacial score (nSPS) is 11.0. The molecular formula is C15H12Cl2N4O2S. The van der Waals surface area contributed by atoms with Crippen LogP contribution in [0.2, 0.25) is 10.0 Å². The second-order valence-corrected chi connectivity index (χ2v) is 6.59. The van der Waals surface area contributed by atoms with Crippen LogP contribution in [0.4, 0.5) is 0 Å². The Labute approximate surface area is 152 Å². The van der Waals surface area contributed by atoms with Gasteiger partial charge in [0, 0.05) is 15.6 Å². The summed E-state index contributed by atoms with van der Waals surface area (Å²) < 4.78 is 6.50. The van der Waals surface area contributed by atoms with E-state index in [0.717, 1.165) is 0 Å². The molecule has 0 aliphatic rings. The number of carbonyl (C=O) groups is 1. The molecule has 0 saturated carbocycles. The largest absolute Gasteiger partial charge is 0.465 e. The van der Waals surface area contributed by atoms with E-state index in [-0.39, 0.29) is 11.7 Å². The number of halogens is 2. The van der Waals surface area contributed by atoms with Crippen molar-refractivity contribution in [3.8, 4) is 11.4 Å². The fraction of sp³-hybridized carbons (Fsp3) is 0.200. The van der Waals surface area contributed by atoms with Gasteiger partial charge in [0.05, 0.1) is 12.4 Å². The first-order valence-corrected chi connectivity index (χ1v) is 8.78. The van der Waals surface area contributed by atoms with Crippen molar-refractivity contribution >= 4 is 46.6 Å². The Kier molecular flexibility index (Phi) is 5.23. The van der Waals surface area contributed by atoms with Gasteiger partial charge in [-0.1, -0.05) is 35.0 Å². The zero-order chi connectivity index (χ0) is 17.1. The molecule has 0 atom stereocenters. The molecule has 24 heavy (non-hydrogen) atoms. The number of fused-ring (bicyclic) bond motifs is 1. The van der Waals surface area contributed by atoms with E-state index < -0.39 is 0 Å². The van der Waals surface area contributed by atoms with Gasteiger partial charge >= 0.3 is 5.97 Å². The van der Waals surface area contributed by atoms with Crippen LogP contribution in [-0.4, -0.2) is 38.1 Å². The maximum atomic E-state index is 11.5. The number of benzene rings is 1. The molecule has 2 heterocycles. The van der Waals surface area contributed by atoms with Gasteiger partial charge in [0.1, 0.15) is 5.03 Å². The lowest BCUT2D eigenvalue weighted by Gasteiger charge is -2.04. The standard InChI is InChI=1S/C15H12Cl2N4O2S/c1-2-23-14(22)8-24-13-4-3-12-18-19-15(21(12)20-13)9-5-10(16)7-11(17)6-9/h3-7H,2,8H2,1H3. The van der Waals surface area contributed by atoms with Gasteiger partial charge < -0.3 is 4.74 Å². The average Bonchev–Trinajstić information content (AvgIpc) is 2.95. The third-order valence-corrected chi connectivity index (χ3v) is 4.33. The van der Waals surface area contributed by atoms with Gasteiger partial charge in [-0.05, 0) is 37.3 Å². The van der Waals surface area contributed by atoms with Crippen LogP contribution in [0.3, 0.4) is 0 Å². The predicted octanol–water partition coefficient (Wildman–Crippen LogP) is 3.75. The predicted molar refractivity (Wildman–Crippen MR) is 93.6 cm³/mol. The molecule has 0 amide bonds. The van der Waals surface area contributed by atoms with Crippen molar-refractivity contribution in [2.45, 2.75) is 11.9 Å². The number of ether oxygens (including phenoxy) is 1. The van der Waals surface area contributed by atoms with Gasteiger partial charge in [-0.3, -0.25) is 4.79 Å². The minimum atomic E-state index is -0.282. The highest BCUT2D eigenvalue weighted by molar-refractivity contribution is 7.99. The van der Waals surface area contributed by atoms with Gasteiger partial charge in [-0.2, -0.15) is 9.61 Å². The van der Waals surface area contributed by atoms with Crippen molar-refractivity contribution in [1.82, 2.24) is 19.8 Å². The quantitative estimate of drug-likeness (QED) is 0.494. The van der Waals surface area contributed by atoms with Gasteiger partial charge in [-0.25, -0.2) is 0 Å². The van der Waals surface area contributed by atoms with E-state index in [0.29, 0.717) is 38.7 Å². The van der Waals surface area contributed by atoms with Crippen molar-refractivity contribution in [1.29, 1.82) is 0 Å². The molecule has 0 saturated heterocycles. The van der Waals surface area contributed by atoms with Crippen molar-refractivity contribution in [3.05, 3.63) is 40.4 Å². The first-order valence-electron chi connectivity index (χ1n) is 7.04. The maximum Gasteiger partial charge on any atom is 0.316 e. The van der Waals surface area contributed by atoms with E-state index >= 15 is 0 Å². The fourth-order valence-corrected chi connectivity index (χ4v) is 3.23. The molecule has 9 heteroatoms. The summed E-state index contributed by atoms with van der Waals surface area (Å²) in [5.41, 5.74) is 1.29. The molecule has 6 nitrogen and oxygen atoms in total. The summed E-state index contributed by atoms with van der Waals surface area (Å²) >= 11 is 13.4. The van der Waals surface area contributed by atoms with Gasteiger partial charge in [0.2, 0.25) is 0 Å². The summed E-state index contributed by atoms with van der Waals surface area (Å²) in [4.78, 5) is 11.5. The number of hydrogen-bond acceptors (Lipinski definition) is 6. The van der Waals surface area contributed by atoms with Crippen LogP contribution < -0.4 is 0 Å². The van der Waals surface area contributed by atoms with Gasteiger partial charge in [0.15, 0.2) is 11.5 Å². The summed E-state index contributed by atoms with van der Waals surface area (Å²) in [5, 5.41) is 14.4. The number of carbonyl (C=O) groups excluding carboxylic acids is 1. The lowest BCUT2D eigenvalue weighted by Crippen LogP contribution is -2.07. The van der Waals surface area contributed by atoms with Crippen LogP contribution in [0.1, 0.15) is 6.92 Å². The number of thioether (sulfide) groups is 1. The first-order chi connectivity index (χ1) is 11.6. The highest BCUT2D eigenvalue weighted by Crippen LogP contribution is 2.26. The van der Waals surface area contributed by atoms with Crippen LogP contribution in [-0.2, 0) is 9.53 Å². The summed E-state index contributed by atoms with van der Waals surface area (Å²) in [5.74, 6) is 0.426. The molecule has 0 spiro atoms. The fourth-order valence-electron chi connectivity index (χ4n) is 2.05. The highest BCUT2D eigenvalue weighted by Gasteiger charge is 2.12. The Morgan fingerprint density at radius 3 is 2.67 bits per heavy atom. The topological polar surface area (TPSA) is 69.4 Å². The monoisotopic (exact) mass is 382 g/mol. The zero-order valence-corrected chi connectivity index (χ0v) is 14.9. The van der Waals surface area contributed by atoms with E-state index in [2.05, 4.69) is 15.3 Å². The summed E-state index contributed by atoms with van der Waals surface area (Å²) in [7, 11) is 0. The Bertz CT molecular complexity index is 880. The average molecular weight is 383 g/mol. The summed E-state index contributed by atoms with van der Waals surface area (Å²) in [6, 6.07) is 8.68. The van der Waals surface area contributed by atoms with Crippen molar-refractivity contribution in [3.63, 3.8) is 0 Å². The molecule has 1 aromatic carbocycles. The van der Waals surface area contributed by atoms with Crippen molar-refractivity contribution in [2.75, 3.05) is 12.4 Å². The van der Waals surface area contributed by atoms with Gasteiger partial charge in [-0.15, -0.1) is 10.2 Å². The Balaban J connectivity index is 1.92. The van der Waals surface area contributed by atoms with E-state index in [4.69, 9.17) is 27.9 Å². The number of rotatable bonds is 5. The second kappa shape index (κ2) is 7.38. The number of hydrogen-bond donors (Lipinski definition) is 0. The van der Waals surface area contributed by atoms with Gasteiger partial charge in [0.25, 0.3) is 0 Å². The molecule has 0 bridgehead atoms. The molecule has 3 rings (SSSR count). The minimum Gasteiger partial charge on any atom is -0.465 e. The smallest absolute Gasteiger partial charge is 0.316 e. The molecule has 0 radical (unpaired) electrons. The highest BCUT2D eigenvalue weighted by atomic mass is 35.5. The molecule has 0 N–H and O–H groups in total. The molecular weight excluding hydrogens is 371 g/mol. The SMILES string of the molecule is CCOC(=O)CSc1ccc2nnc(-c3cc(Cl)cc(Cl)c3)n2n1. The van der Waals surface area contributed by atoms with E-state index in [1.807, 2.05) is 0 Å². The molecule has 3 aromatic rings. The molecule has 0 fully saturated rings. The third kappa shape index (κ3) is 3.80. The van der Waals surface area contributed by atoms with Crippen LogP contribution >= 0.6 is 35.0 Å². The molecule has 0 aliphatic carbocycles. The third-order valence-electron chi connectivity index (χ3n) is 3.00. The number of aromatic nitrogens is 4. The zero-order valence-electron chi connectivity index (χ0n) is 12.6. The van der Waals surface area contributed by atoms with E-state index in [1.165, 1.54) is 11.8 Å². The van der Waals surface area contributed by atoms with E-state index in [9.17, 15) is 4.79 Å². The molecule has 0 aliphatic heterocycles. The van der Waals surface area contributed by atoms with Crippen molar-refractivity contribution in [2.24, 2.45) is 0 Å². The first kappa shape index (κ1) is 17.0. The number of nitrogens with zero attached hydrogens (tertiary/aromatic N) is 4. The Hall–Kier alpha value is -1.83. The minimum absolute atomic E-state index is 0.187. The molecule has 0 unspecified atom stereocenters.